The van der Waals surface area contributed by atoms with E-state index < -0.39 is 11.8 Å². The SMILES string of the molecule is CCOc1ccccc1NC(=O)C(=O)N/N=C/c1cccs1. The quantitative estimate of drug-likeness (QED) is 0.504. The number of hydrogen-bond acceptors (Lipinski definition) is 5. The zero-order valence-corrected chi connectivity index (χ0v) is 12.7. The van der Waals surface area contributed by atoms with Crippen molar-refractivity contribution in [2.45, 2.75) is 6.92 Å². The van der Waals surface area contributed by atoms with Crippen LogP contribution in [-0.4, -0.2) is 24.6 Å². The summed E-state index contributed by atoms with van der Waals surface area (Å²) in [6, 6.07) is 10.6. The Bertz CT molecular complexity index is 668. The van der Waals surface area contributed by atoms with Crippen molar-refractivity contribution in [3.8, 4) is 5.75 Å². The Morgan fingerprint density at radius 1 is 1.23 bits per heavy atom. The van der Waals surface area contributed by atoms with Gasteiger partial charge in [0.05, 0.1) is 18.5 Å². The van der Waals surface area contributed by atoms with Crippen LogP contribution in [-0.2, 0) is 9.59 Å². The van der Waals surface area contributed by atoms with Crippen molar-refractivity contribution in [1.82, 2.24) is 5.43 Å². The number of amides is 2. The molecule has 0 bridgehead atoms. The molecule has 22 heavy (non-hydrogen) atoms. The van der Waals surface area contributed by atoms with E-state index in [1.165, 1.54) is 17.6 Å². The maximum absolute atomic E-state index is 11.8. The van der Waals surface area contributed by atoms with E-state index >= 15 is 0 Å². The average Bonchev–Trinajstić information content (AvgIpc) is 3.02. The lowest BCUT2D eigenvalue weighted by molar-refractivity contribution is -0.136. The summed E-state index contributed by atoms with van der Waals surface area (Å²) in [5.41, 5.74) is 2.61. The number of anilines is 1. The van der Waals surface area contributed by atoms with Gasteiger partial charge < -0.3 is 10.1 Å². The second-order valence-electron chi connectivity index (χ2n) is 4.10. The molecular weight excluding hydrogens is 302 g/mol. The third-order valence-corrected chi connectivity index (χ3v) is 3.35. The van der Waals surface area contributed by atoms with Gasteiger partial charge in [0.2, 0.25) is 0 Å². The van der Waals surface area contributed by atoms with Crippen LogP contribution in [0.25, 0.3) is 0 Å². The van der Waals surface area contributed by atoms with Crippen LogP contribution in [0.4, 0.5) is 5.69 Å². The summed E-state index contributed by atoms with van der Waals surface area (Å²) in [7, 11) is 0. The van der Waals surface area contributed by atoms with Gasteiger partial charge in [-0.05, 0) is 30.5 Å². The zero-order valence-electron chi connectivity index (χ0n) is 11.9. The molecule has 6 nitrogen and oxygen atoms in total. The molecule has 0 fully saturated rings. The summed E-state index contributed by atoms with van der Waals surface area (Å²) in [5.74, 6) is -1.15. The van der Waals surface area contributed by atoms with E-state index in [1.54, 1.807) is 24.3 Å². The molecule has 0 saturated carbocycles. The van der Waals surface area contributed by atoms with Crippen LogP contribution in [0.5, 0.6) is 5.75 Å². The predicted octanol–water partition coefficient (Wildman–Crippen LogP) is 2.24. The lowest BCUT2D eigenvalue weighted by atomic mass is 10.3. The molecule has 0 saturated heterocycles. The van der Waals surface area contributed by atoms with E-state index in [-0.39, 0.29) is 0 Å². The molecule has 0 radical (unpaired) electrons. The minimum Gasteiger partial charge on any atom is -0.492 e. The van der Waals surface area contributed by atoms with Gasteiger partial charge in [0.15, 0.2) is 0 Å². The molecule has 1 aromatic carbocycles. The Morgan fingerprint density at radius 3 is 2.77 bits per heavy atom. The first kappa shape index (κ1) is 15.7. The van der Waals surface area contributed by atoms with Gasteiger partial charge in [-0.3, -0.25) is 9.59 Å². The molecule has 114 valence electrons. The standard InChI is InChI=1S/C15H15N3O3S/c1-2-21-13-8-4-3-7-12(13)17-14(19)15(20)18-16-10-11-6-5-9-22-11/h3-10H,2H2,1H3,(H,17,19)(H,18,20)/b16-10+. The number of nitrogens with one attached hydrogen (secondary N) is 2. The van der Waals surface area contributed by atoms with Gasteiger partial charge in [0.1, 0.15) is 5.75 Å². The number of benzene rings is 1. The molecule has 1 aromatic heterocycles. The number of nitrogens with zero attached hydrogens (tertiary/aromatic N) is 1. The van der Waals surface area contributed by atoms with Gasteiger partial charge >= 0.3 is 11.8 Å². The predicted molar refractivity (Wildman–Crippen MR) is 86.3 cm³/mol. The monoisotopic (exact) mass is 317 g/mol. The van der Waals surface area contributed by atoms with Crippen LogP contribution >= 0.6 is 11.3 Å². The molecule has 2 aromatic rings. The number of hydrazone groups is 1. The first-order valence-corrected chi connectivity index (χ1v) is 7.48. The third-order valence-electron chi connectivity index (χ3n) is 2.54. The maximum Gasteiger partial charge on any atom is 0.329 e. The molecule has 0 aliphatic heterocycles. The van der Waals surface area contributed by atoms with Crippen molar-refractivity contribution in [3.05, 3.63) is 46.7 Å². The summed E-state index contributed by atoms with van der Waals surface area (Å²) in [5, 5.41) is 8.11. The molecule has 2 N–H and O–H groups in total. The third kappa shape index (κ3) is 4.42. The average molecular weight is 317 g/mol. The van der Waals surface area contributed by atoms with E-state index in [4.69, 9.17) is 4.74 Å². The highest BCUT2D eigenvalue weighted by Gasteiger charge is 2.14. The van der Waals surface area contributed by atoms with Gasteiger partial charge in [0, 0.05) is 4.88 Å². The normalized spacial score (nSPS) is 10.4. The van der Waals surface area contributed by atoms with Gasteiger partial charge in [-0.2, -0.15) is 5.10 Å². The number of hydrogen-bond donors (Lipinski definition) is 2. The van der Waals surface area contributed by atoms with Gasteiger partial charge in [0.25, 0.3) is 0 Å². The zero-order chi connectivity index (χ0) is 15.8. The van der Waals surface area contributed by atoms with Crippen LogP contribution < -0.4 is 15.5 Å². The molecule has 0 unspecified atom stereocenters. The van der Waals surface area contributed by atoms with Crippen molar-refractivity contribution in [1.29, 1.82) is 0 Å². The fraction of sp³-hybridized carbons (Fsp3) is 0.133. The highest BCUT2D eigenvalue weighted by atomic mass is 32.1. The number of carbonyl (C=O) groups excluding carboxylic acids is 2. The summed E-state index contributed by atoms with van der Waals surface area (Å²) in [4.78, 5) is 24.4. The topological polar surface area (TPSA) is 79.8 Å². The molecule has 2 amide bonds. The fourth-order valence-electron chi connectivity index (χ4n) is 1.60. The van der Waals surface area contributed by atoms with Gasteiger partial charge in [-0.1, -0.05) is 18.2 Å². The highest BCUT2D eigenvalue weighted by Crippen LogP contribution is 2.23. The molecular formula is C15H15N3O3S. The van der Waals surface area contributed by atoms with Crippen molar-refractivity contribution >= 4 is 35.1 Å². The number of thiophene rings is 1. The smallest absolute Gasteiger partial charge is 0.329 e. The first-order valence-electron chi connectivity index (χ1n) is 6.60. The fourth-order valence-corrected chi connectivity index (χ4v) is 2.19. The largest absolute Gasteiger partial charge is 0.492 e. The first-order chi connectivity index (χ1) is 10.7. The summed E-state index contributed by atoms with van der Waals surface area (Å²) in [6.45, 7) is 2.30. The van der Waals surface area contributed by atoms with Crippen LogP contribution in [0.3, 0.4) is 0 Å². The number of rotatable bonds is 5. The second-order valence-corrected chi connectivity index (χ2v) is 5.08. The van der Waals surface area contributed by atoms with Gasteiger partial charge in [-0.15, -0.1) is 11.3 Å². The van der Waals surface area contributed by atoms with Gasteiger partial charge in [-0.25, -0.2) is 5.43 Å². The maximum atomic E-state index is 11.8. The van der Waals surface area contributed by atoms with E-state index in [9.17, 15) is 9.59 Å². The minimum absolute atomic E-state index is 0.437. The molecule has 0 atom stereocenters. The number of ether oxygens (including phenoxy) is 1. The highest BCUT2D eigenvalue weighted by molar-refractivity contribution is 7.11. The Balaban J connectivity index is 1.92. The molecule has 7 heteroatoms. The van der Waals surface area contributed by atoms with E-state index in [1.807, 2.05) is 24.4 Å². The Hall–Kier alpha value is -2.67. The van der Waals surface area contributed by atoms with Crippen LogP contribution in [0.15, 0.2) is 46.9 Å². The van der Waals surface area contributed by atoms with Crippen molar-refractivity contribution in [2.75, 3.05) is 11.9 Å². The summed E-state index contributed by atoms with van der Waals surface area (Å²) in [6.07, 6.45) is 1.48. The number of para-hydroxylation sites is 2. The van der Waals surface area contributed by atoms with Crippen LogP contribution in [0, 0.1) is 0 Å². The molecule has 0 aliphatic carbocycles. The van der Waals surface area contributed by atoms with Crippen molar-refractivity contribution in [2.24, 2.45) is 5.10 Å². The lowest BCUT2D eigenvalue weighted by Crippen LogP contribution is -2.32. The summed E-state index contributed by atoms with van der Waals surface area (Å²) >= 11 is 1.48. The van der Waals surface area contributed by atoms with Crippen LogP contribution in [0.1, 0.15) is 11.8 Å². The summed E-state index contributed by atoms with van der Waals surface area (Å²) < 4.78 is 5.37. The minimum atomic E-state index is -0.848. The lowest BCUT2D eigenvalue weighted by Gasteiger charge is -2.10. The van der Waals surface area contributed by atoms with E-state index in [0.29, 0.717) is 18.0 Å². The Kier molecular flexibility index (Phi) is 5.67. The second kappa shape index (κ2) is 7.94. The van der Waals surface area contributed by atoms with Crippen LogP contribution in [0.2, 0.25) is 0 Å². The molecule has 0 aliphatic rings. The number of carbonyl (C=O) groups is 2. The van der Waals surface area contributed by atoms with E-state index in [0.717, 1.165) is 4.88 Å². The molecule has 2 rings (SSSR count). The molecule has 1 heterocycles. The Labute approximate surface area is 131 Å². The van der Waals surface area contributed by atoms with E-state index in [2.05, 4.69) is 15.8 Å². The Morgan fingerprint density at radius 2 is 2.05 bits per heavy atom. The van der Waals surface area contributed by atoms with Crippen molar-refractivity contribution < 1.29 is 14.3 Å². The van der Waals surface area contributed by atoms with Crippen molar-refractivity contribution in [3.63, 3.8) is 0 Å². The molecule has 0 spiro atoms.